The van der Waals surface area contributed by atoms with E-state index in [1.807, 2.05) is 26.1 Å². The molecule has 18 heavy (non-hydrogen) atoms. The van der Waals surface area contributed by atoms with Gasteiger partial charge in [0, 0.05) is 17.1 Å². The smallest absolute Gasteiger partial charge is 0.164 e. The van der Waals surface area contributed by atoms with E-state index in [9.17, 15) is 0 Å². The molecule has 0 amide bonds. The summed E-state index contributed by atoms with van der Waals surface area (Å²) in [5, 5.41) is 4.00. The zero-order chi connectivity index (χ0) is 13.1. The van der Waals surface area contributed by atoms with Gasteiger partial charge in [-0.3, -0.25) is 4.68 Å². The second-order valence-electron chi connectivity index (χ2n) is 3.93. The van der Waals surface area contributed by atoms with E-state index < -0.39 is 0 Å². The van der Waals surface area contributed by atoms with Crippen molar-refractivity contribution in [3.8, 4) is 5.75 Å². The number of nitrogens with zero attached hydrogens (tertiary/aromatic N) is 3. The number of hydrogen-bond donors (Lipinski definition) is 0. The average molecular weight is 331 g/mol. The Morgan fingerprint density at radius 3 is 2.83 bits per heavy atom. The lowest BCUT2D eigenvalue weighted by atomic mass is 10.1. The van der Waals surface area contributed by atoms with E-state index in [1.165, 1.54) is 6.33 Å². The highest BCUT2D eigenvalue weighted by Crippen LogP contribution is 2.29. The highest BCUT2D eigenvalue weighted by atomic mass is 79.9. The first-order chi connectivity index (χ1) is 8.61. The van der Waals surface area contributed by atoms with E-state index in [4.69, 9.17) is 16.3 Å². The molecule has 2 rings (SSSR count). The molecule has 0 bridgehead atoms. The molecule has 0 saturated heterocycles. The summed E-state index contributed by atoms with van der Waals surface area (Å²) in [6, 6.07) is 3.97. The van der Waals surface area contributed by atoms with Crippen LogP contribution in [0.5, 0.6) is 5.75 Å². The van der Waals surface area contributed by atoms with E-state index >= 15 is 0 Å². The Balaban J connectivity index is 2.21. The Morgan fingerprint density at radius 1 is 1.44 bits per heavy atom. The summed E-state index contributed by atoms with van der Waals surface area (Å²) in [5.74, 6) is 2.00. The molecular formula is C12H13BrClN3O. The van der Waals surface area contributed by atoms with Crippen LogP contribution in [-0.2, 0) is 19.5 Å². The fourth-order valence-electron chi connectivity index (χ4n) is 1.69. The van der Waals surface area contributed by atoms with Crippen LogP contribution < -0.4 is 4.74 Å². The van der Waals surface area contributed by atoms with Gasteiger partial charge < -0.3 is 4.74 Å². The fraction of sp³-hybridized carbons (Fsp3) is 0.333. The first-order valence-corrected chi connectivity index (χ1v) is 6.75. The van der Waals surface area contributed by atoms with Crippen molar-refractivity contribution in [3.63, 3.8) is 0 Å². The normalized spacial score (nSPS) is 10.7. The van der Waals surface area contributed by atoms with Crippen molar-refractivity contribution in [2.45, 2.75) is 19.4 Å². The predicted octanol–water partition coefficient (Wildman–Crippen LogP) is 3.20. The Bertz CT molecular complexity index is 556. The number of aryl methyl sites for hydroxylation is 2. The molecule has 0 atom stereocenters. The maximum atomic E-state index is 5.93. The van der Waals surface area contributed by atoms with Gasteiger partial charge in [0.15, 0.2) is 5.82 Å². The van der Waals surface area contributed by atoms with E-state index in [2.05, 4.69) is 26.0 Å². The van der Waals surface area contributed by atoms with Crippen LogP contribution >= 0.6 is 27.5 Å². The van der Waals surface area contributed by atoms with E-state index in [-0.39, 0.29) is 0 Å². The third kappa shape index (κ3) is 2.84. The van der Waals surface area contributed by atoms with Gasteiger partial charge in [-0.15, -0.1) is 11.6 Å². The molecule has 2 aromatic rings. The van der Waals surface area contributed by atoms with Crippen LogP contribution in [0.4, 0.5) is 0 Å². The van der Waals surface area contributed by atoms with E-state index in [0.29, 0.717) is 12.5 Å². The molecule has 0 N–H and O–H groups in total. The minimum absolute atomic E-state index is 0.378. The van der Waals surface area contributed by atoms with Crippen LogP contribution in [-0.4, -0.2) is 14.8 Å². The largest absolute Gasteiger partial charge is 0.485 e. The summed E-state index contributed by atoms with van der Waals surface area (Å²) in [5.41, 5.74) is 2.01. The van der Waals surface area contributed by atoms with Gasteiger partial charge in [0.2, 0.25) is 0 Å². The van der Waals surface area contributed by atoms with Crippen molar-refractivity contribution < 1.29 is 4.74 Å². The number of alkyl halides is 1. The third-order valence-electron chi connectivity index (χ3n) is 2.61. The Morgan fingerprint density at radius 2 is 2.22 bits per heavy atom. The van der Waals surface area contributed by atoms with Crippen molar-refractivity contribution in [2.75, 3.05) is 0 Å². The quantitative estimate of drug-likeness (QED) is 0.808. The molecular weight excluding hydrogens is 318 g/mol. The molecule has 96 valence electrons. The summed E-state index contributed by atoms with van der Waals surface area (Å²) in [7, 11) is 1.84. The molecule has 0 radical (unpaired) electrons. The number of halogens is 2. The minimum atomic E-state index is 0.378. The Hall–Kier alpha value is -1.07. The molecule has 1 aromatic carbocycles. The van der Waals surface area contributed by atoms with Crippen LogP contribution in [0.2, 0.25) is 0 Å². The first kappa shape index (κ1) is 13.4. The van der Waals surface area contributed by atoms with Crippen LogP contribution in [0.1, 0.15) is 17.0 Å². The van der Waals surface area contributed by atoms with Gasteiger partial charge in [-0.2, -0.15) is 5.10 Å². The lowest BCUT2D eigenvalue weighted by Gasteiger charge is -2.13. The number of rotatable bonds is 4. The van der Waals surface area contributed by atoms with Gasteiger partial charge >= 0.3 is 0 Å². The van der Waals surface area contributed by atoms with E-state index in [0.717, 1.165) is 27.2 Å². The maximum Gasteiger partial charge on any atom is 0.164 e. The van der Waals surface area contributed by atoms with Crippen LogP contribution in [0, 0.1) is 6.92 Å². The van der Waals surface area contributed by atoms with Crippen LogP contribution in [0.3, 0.4) is 0 Å². The highest BCUT2D eigenvalue weighted by molar-refractivity contribution is 9.10. The van der Waals surface area contributed by atoms with Crippen molar-refractivity contribution in [1.29, 1.82) is 0 Å². The number of ether oxygens (including phenoxy) is 1. The summed E-state index contributed by atoms with van der Waals surface area (Å²) < 4.78 is 8.50. The van der Waals surface area contributed by atoms with Crippen molar-refractivity contribution >= 4 is 27.5 Å². The summed E-state index contributed by atoms with van der Waals surface area (Å²) in [6.45, 7) is 2.37. The topological polar surface area (TPSA) is 39.9 Å². The van der Waals surface area contributed by atoms with Gasteiger partial charge in [0.25, 0.3) is 0 Å². The van der Waals surface area contributed by atoms with E-state index in [1.54, 1.807) is 4.68 Å². The SMILES string of the molecule is Cc1cc(Br)cc(CCl)c1OCc1ncnn1C. The molecule has 0 spiro atoms. The fourth-order valence-corrected chi connectivity index (χ4v) is 2.51. The van der Waals surface area contributed by atoms with Crippen molar-refractivity contribution in [3.05, 3.63) is 39.9 Å². The first-order valence-electron chi connectivity index (χ1n) is 5.42. The molecule has 0 saturated carbocycles. The predicted molar refractivity (Wildman–Crippen MR) is 73.8 cm³/mol. The lowest BCUT2D eigenvalue weighted by molar-refractivity contribution is 0.285. The summed E-state index contributed by atoms with van der Waals surface area (Å²) in [6.07, 6.45) is 1.51. The second-order valence-corrected chi connectivity index (χ2v) is 5.12. The average Bonchev–Trinajstić information content (AvgIpc) is 2.73. The summed E-state index contributed by atoms with van der Waals surface area (Å²) in [4.78, 5) is 4.12. The molecule has 1 aromatic heterocycles. The van der Waals surface area contributed by atoms with Gasteiger partial charge in [0.1, 0.15) is 18.7 Å². The zero-order valence-corrected chi connectivity index (χ0v) is 12.5. The zero-order valence-electron chi connectivity index (χ0n) is 10.2. The number of benzene rings is 1. The van der Waals surface area contributed by atoms with Gasteiger partial charge in [-0.05, 0) is 24.6 Å². The van der Waals surface area contributed by atoms with Crippen LogP contribution in [0.25, 0.3) is 0 Å². The highest BCUT2D eigenvalue weighted by Gasteiger charge is 2.10. The van der Waals surface area contributed by atoms with Crippen molar-refractivity contribution in [1.82, 2.24) is 14.8 Å². The molecule has 0 aliphatic carbocycles. The molecule has 4 nitrogen and oxygen atoms in total. The Labute approximate surface area is 119 Å². The molecule has 0 unspecified atom stereocenters. The molecule has 0 aliphatic rings. The van der Waals surface area contributed by atoms with Crippen molar-refractivity contribution in [2.24, 2.45) is 7.05 Å². The second kappa shape index (κ2) is 5.71. The standard InChI is InChI=1S/C12H13BrClN3O/c1-8-3-10(13)4-9(5-14)12(8)18-6-11-15-7-16-17(11)2/h3-4,7H,5-6H2,1-2H3. The third-order valence-corrected chi connectivity index (χ3v) is 3.36. The summed E-state index contributed by atoms with van der Waals surface area (Å²) >= 11 is 9.38. The number of hydrogen-bond acceptors (Lipinski definition) is 3. The van der Waals surface area contributed by atoms with Crippen LogP contribution in [0.15, 0.2) is 22.9 Å². The number of aromatic nitrogens is 3. The monoisotopic (exact) mass is 329 g/mol. The Kier molecular flexibility index (Phi) is 4.24. The maximum absolute atomic E-state index is 5.93. The molecule has 6 heteroatoms. The molecule has 1 heterocycles. The van der Waals surface area contributed by atoms with Gasteiger partial charge in [-0.25, -0.2) is 4.98 Å². The van der Waals surface area contributed by atoms with Gasteiger partial charge in [-0.1, -0.05) is 15.9 Å². The lowest BCUT2D eigenvalue weighted by Crippen LogP contribution is -2.06. The molecule has 0 aliphatic heterocycles. The molecule has 0 fully saturated rings. The van der Waals surface area contributed by atoms with Gasteiger partial charge in [0.05, 0.1) is 5.88 Å². The minimum Gasteiger partial charge on any atom is -0.485 e.